The predicted octanol–water partition coefficient (Wildman–Crippen LogP) is 4.41. The molecule has 0 aliphatic carbocycles. The van der Waals surface area contributed by atoms with Gasteiger partial charge < -0.3 is 5.32 Å². The fraction of sp³-hybridized carbons (Fsp3) is 0.462. The van der Waals surface area contributed by atoms with Crippen molar-refractivity contribution < 1.29 is 4.39 Å². The Morgan fingerprint density at radius 1 is 1.56 bits per heavy atom. The summed E-state index contributed by atoms with van der Waals surface area (Å²) in [6.45, 7) is 4.38. The van der Waals surface area contributed by atoms with Gasteiger partial charge in [-0.05, 0) is 30.5 Å². The summed E-state index contributed by atoms with van der Waals surface area (Å²) >= 11 is 7.66. The van der Waals surface area contributed by atoms with Crippen molar-refractivity contribution in [3.8, 4) is 0 Å². The molecule has 1 atom stereocenters. The molecule has 18 heavy (non-hydrogen) atoms. The molecular formula is C13H16ClFN2S. The van der Waals surface area contributed by atoms with Crippen LogP contribution in [-0.2, 0) is 0 Å². The van der Waals surface area contributed by atoms with E-state index in [1.54, 1.807) is 17.8 Å². The third-order valence-electron chi connectivity index (χ3n) is 2.63. The van der Waals surface area contributed by atoms with Gasteiger partial charge >= 0.3 is 0 Å². The zero-order chi connectivity index (χ0) is 13.1. The molecule has 1 N–H and O–H groups in total. The van der Waals surface area contributed by atoms with Crippen molar-refractivity contribution in [2.45, 2.75) is 26.3 Å². The van der Waals surface area contributed by atoms with Crippen LogP contribution in [0, 0.1) is 11.7 Å². The Labute approximate surface area is 116 Å². The summed E-state index contributed by atoms with van der Waals surface area (Å²) in [5, 5.41) is 4.43. The predicted molar refractivity (Wildman–Crippen MR) is 78.2 cm³/mol. The average Bonchev–Trinajstić information content (AvgIpc) is 2.70. The monoisotopic (exact) mass is 286 g/mol. The molecule has 1 heterocycles. The molecule has 0 spiro atoms. The van der Waals surface area contributed by atoms with E-state index in [1.807, 2.05) is 0 Å². The lowest BCUT2D eigenvalue weighted by Gasteiger charge is -2.08. The Morgan fingerprint density at radius 2 is 2.33 bits per heavy atom. The minimum atomic E-state index is -0.302. The number of amidine groups is 1. The molecule has 1 unspecified atom stereocenters. The van der Waals surface area contributed by atoms with Gasteiger partial charge in [0, 0.05) is 5.75 Å². The zero-order valence-corrected chi connectivity index (χ0v) is 12.0. The van der Waals surface area contributed by atoms with Gasteiger partial charge in [-0.1, -0.05) is 37.2 Å². The summed E-state index contributed by atoms with van der Waals surface area (Å²) in [5.74, 6) is 1.31. The second kappa shape index (κ2) is 5.93. The molecule has 98 valence electrons. The van der Waals surface area contributed by atoms with Crippen LogP contribution in [0.5, 0.6) is 0 Å². The first kappa shape index (κ1) is 13.7. The molecule has 0 saturated carbocycles. The van der Waals surface area contributed by atoms with E-state index in [0.717, 1.165) is 17.3 Å². The SMILES string of the molecule is CC(C)CC1CSC(Nc2cc(F)ccc2Cl)=N1. The largest absolute Gasteiger partial charge is 0.334 e. The molecule has 1 aliphatic rings. The maximum absolute atomic E-state index is 13.1. The summed E-state index contributed by atoms with van der Waals surface area (Å²) in [5.41, 5.74) is 0.577. The number of thioether (sulfide) groups is 1. The van der Waals surface area contributed by atoms with Crippen molar-refractivity contribution >= 4 is 34.2 Å². The maximum atomic E-state index is 13.1. The first-order chi connectivity index (χ1) is 8.54. The van der Waals surface area contributed by atoms with Crippen molar-refractivity contribution in [2.75, 3.05) is 11.1 Å². The third-order valence-corrected chi connectivity index (χ3v) is 3.99. The van der Waals surface area contributed by atoms with E-state index in [1.165, 1.54) is 12.1 Å². The highest BCUT2D eigenvalue weighted by Gasteiger charge is 2.19. The molecular weight excluding hydrogens is 271 g/mol. The summed E-state index contributed by atoms with van der Waals surface area (Å²) < 4.78 is 13.1. The van der Waals surface area contributed by atoms with Crippen molar-refractivity contribution in [3.05, 3.63) is 29.0 Å². The van der Waals surface area contributed by atoms with Gasteiger partial charge in [0.1, 0.15) is 5.82 Å². The van der Waals surface area contributed by atoms with Gasteiger partial charge in [-0.3, -0.25) is 4.99 Å². The molecule has 1 aromatic carbocycles. The van der Waals surface area contributed by atoms with E-state index < -0.39 is 0 Å². The zero-order valence-electron chi connectivity index (χ0n) is 10.4. The van der Waals surface area contributed by atoms with Crippen LogP contribution >= 0.6 is 23.4 Å². The lowest BCUT2D eigenvalue weighted by molar-refractivity contribution is 0.529. The molecule has 1 aliphatic heterocycles. The highest BCUT2D eigenvalue weighted by molar-refractivity contribution is 8.14. The number of nitrogens with zero attached hydrogens (tertiary/aromatic N) is 1. The van der Waals surface area contributed by atoms with E-state index in [2.05, 4.69) is 24.2 Å². The van der Waals surface area contributed by atoms with Gasteiger partial charge in [0.15, 0.2) is 5.17 Å². The van der Waals surface area contributed by atoms with Gasteiger partial charge in [-0.15, -0.1) is 0 Å². The average molecular weight is 287 g/mol. The number of aliphatic imine (C=N–C) groups is 1. The van der Waals surface area contributed by atoms with Crippen LogP contribution in [-0.4, -0.2) is 17.0 Å². The normalized spacial score (nSPS) is 19.2. The Morgan fingerprint density at radius 3 is 3.06 bits per heavy atom. The minimum Gasteiger partial charge on any atom is -0.334 e. The highest BCUT2D eigenvalue weighted by Crippen LogP contribution is 2.27. The van der Waals surface area contributed by atoms with E-state index in [-0.39, 0.29) is 5.82 Å². The van der Waals surface area contributed by atoms with Crippen LogP contribution in [0.1, 0.15) is 20.3 Å². The van der Waals surface area contributed by atoms with E-state index in [9.17, 15) is 4.39 Å². The Hall–Kier alpha value is -0.740. The number of benzene rings is 1. The number of anilines is 1. The van der Waals surface area contributed by atoms with Gasteiger partial charge in [0.2, 0.25) is 0 Å². The van der Waals surface area contributed by atoms with Gasteiger partial charge in [0.25, 0.3) is 0 Å². The molecule has 0 fully saturated rings. The molecule has 0 saturated heterocycles. The second-order valence-electron chi connectivity index (χ2n) is 4.78. The Balaban J connectivity index is 2.04. The molecule has 2 rings (SSSR count). The van der Waals surface area contributed by atoms with Gasteiger partial charge in [-0.25, -0.2) is 4.39 Å². The summed E-state index contributed by atoms with van der Waals surface area (Å²) in [6.07, 6.45) is 1.08. The smallest absolute Gasteiger partial charge is 0.161 e. The third kappa shape index (κ3) is 3.62. The van der Waals surface area contributed by atoms with Gasteiger partial charge in [-0.2, -0.15) is 0 Å². The standard InChI is InChI=1S/C13H16ClFN2S/c1-8(2)5-10-7-18-13(16-10)17-12-6-9(15)3-4-11(12)14/h3-4,6,8,10H,5,7H2,1-2H3,(H,16,17). The number of hydrogen-bond donors (Lipinski definition) is 1. The lowest BCUT2D eigenvalue weighted by Crippen LogP contribution is -2.08. The van der Waals surface area contributed by atoms with E-state index >= 15 is 0 Å². The number of halogens is 2. The van der Waals surface area contributed by atoms with Crippen molar-refractivity contribution in [1.29, 1.82) is 0 Å². The van der Waals surface area contributed by atoms with Crippen LogP contribution in [0.15, 0.2) is 23.2 Å². The number of rotatable bonds is 3. The van der Waals surface area contributed by atoms with Crippen molar-refractivity contribution in [2.24, 2.45) is 10.9 Å². The fourth-order valence-corrected chi connectivity index (χ4v) is 2.99. The molecule has 0 aromatic heterocycles. The maximum Gasteiger partial charge on any atom is 0.161 e. The van der Waals surface area contributed by atoms with E-state index in [0.29, 0.717) is 22.7 Å². The van der Waals surface area contributed by atoms with Crippen LogP contribution in [0.2, 0.25) is 5.02 Å². The summed E-state index contributed by atoms with van der Waals surface area (Å²) in [7, 11) is 0. The van der Waals surface area contributed by atoms with Crippen molar-refractivity contribution in [3.63, 3.8) is 0 Å². The molecule has 5 heteroatoms. The van der Waals surface area contributed by atoms with Crippen molar-refractivity contribution in [1.82, 2.24) is 0 Å². The Kier molecular flexibility index (Phi) is 4.51. The quantitative estimate of drug-likeness (QED) is 0.890. The molecule has 0 amide bonds. The topological polar surface area (TPSA) is 24.4 Å². The second-order valence-corrected chi connectivity index (χ2v) is 6.19. The van der Waals surface area contributed by atoms with Crippen LogP contribution < -0.4 is 5.32 Å². The van der Waals surface area contributed by atoms with Crippen LogP contribution in [0.25, 0.3) is 0 Å². The molecule has 0 bridgehead atoms. The highest BCUT2D eigenvalue weighted by atomic mass is 35.5. The molecule has 2 nitrogen and oxygen atoms in total. The molecule has 0 radical (unpaired) electrons. The van der Waals surface area contributed by atoms with Gasteiger partial charge in [0.05, 0.1) is 16.8 Å². The first-order valence-electron chi connectivity index (χ1n) is 5.97. The minimum absolute atomic E-state index is 0.302. The fourth-order valence-electron chi connectivity index (χ4n) is 1.86. The lowest BCUT2D eigenvalue weighted by atomic mass is 10.1. The summed E-state index contributed by atoms with van der Waals surface area (Å²) in [4.78, 5) is 4.58. The number of nitrogens with one attached hydrogen (secondary N) is 1. The number of hydrogen-bond acceptors (Lipinski definition) is 3. The van der Waals surface area contributed by atoms with Crippen LogP contribution in [0.4, 0.5) is 10.1 Å². The Bertz CT molecular complexity index is 462. The summed E-state index contributed by atoms with van der Waals surface area (Å²) in [6, 6.07) is 4.63. The first-order valence-corrected chi connectivity index (χ1v) is 7.33. The van der Waals surface area contributed by atoms with E-state index in [4.69, 9.17) is 11.6 Å². The molecule has 1 aromatic rings. The van der Waals surface area contributed by atoms with Crippen LogP contribution in [0.3, 0.4) is 0 Å².